The molecule has 0 radical (unpaired) electrons. The number of imidazole rings is 1. The van der Waals surface area contributed by atoms with Crippen molar-refractivity contribution in [2.75, 3.05) is 19.8 Å². The first-order valence-electron chi connectivity index (χ1n) is 7.28. The van der Waals surface area contributed by atoms with Crippen LogP contribution in [0.25, 0.3) is 0 Å². The van der Waals surface area contributed by atoms with Gasteiger partial charge < -0.3 is 14.2 Å². The fourth-order valence-corrected chi connectivity index (χ4v) is 3.32. The summed E-state index contributed by atoms with van der Waals surface area (Å²) in [5, 5.41) is 3.82. The molecule has 5 nitrogen and oxygen atoms in total. The molecule has 2 aromatic rings. The fraction of sp³-hybridized carbons (Fsp3) is 0.375. The lowest BCUT2D eigenvalue weighted by Crippen LogP contribution is -2.35. The standard InChI is InChI=1S/C16H19N3O2S/c1-2-6-21-11-13-8-18-5-4-17-15(18)10-19(9-13)16(20)14-3-7-22-12-14/h2-5,7,12-13H,1,6,8-11H2/t13-/m1/s1. The highest BCUT2D eigenvalue weighted by molar-refractivity contribution is 7.08. The molecule has 2 aromatic heterocycles. The van der Waals surface area contributed by atoms with Crippen molar-refractivity contribution >= 4 is 17.2 Å². The first-order chi connectivity index (χ1) is 10.8. The van der Waals surface area contributed by atoms with E-state index in [0.29, 0.717) is 26.3 Å². The minimum absolute atomic E-state index is 0.0615. The minimum atomic E-state index is 0.0615. The summed E-state index contributed by atoms with van der Waals surface area (Å²) in [6, 6.07) is 1.87. The Balaban J connectivity index is 1.77. The van der Waals surface area contributed by atoms with E-state index in [0.717, 1.165) is 17.9 Å². The van der Waals surface area contributed by atoms with Crippen LogP contribution in [0.1, 0.15) is 16.2 Å². The van der Waals surface area contributed by atoms with Gasteiger partial charge in [0.05, 0.1) is 25.3 Å². The van der Waals surface area contributed by atoms with Crippen LogP contribution >= 0.6 is 11.3 Å². The molecule has 0 saturated heterocycles. The van der Waals surface area contributed by atoms with Crippen LogP contribution in [0.5, 0.6) is 0 Å². The van der Waals surface area contributed by atoms with Gasteiger partial charge in [-0.25, -0.2) is 4.98 Å². The second-order valence-corrected chi connectivity index (χ2v) is 6.17. The molecular formula is C16H19N3O2S. The monoisotopic (exact) mass is 317 g/mol. The van der Waals surface area contributed by atoms with Gasteiger partial charge >= 0.3 is 0 Å². The maximum absolute atomic E-state index is 12.7. The molecule has 22 heavy (non-hydrogen) atoms. The van der Waals surface area contributed by atoms with Crippen molar-refractivity contribution in [1.82, 2.24) is 14.5 Å². The number of hydrogen-bond donors (Lipinski definition) is 0. The zero-order chi connectivity index (χ0) is 15.4. The van der Waals surface area contributed by atoms with E-state index in [9.17, 15) is 4.79 Å². The Bertz CT molecular complexity index is 636. The first kappa shape index (κ1) is 15.0. The Morgan fingerprint density at radius 1 is 1.55 bits per heavy atom. The maximum Gasteiger partial charge on any atom is 0.255 e. The summed E-state index contributed by atoms with van der Waals surface area (Å²) in [5.74, 6) is 1.24. The third kappa shape index (κ3) is 3.28. The fourth-order valence-electron chi connectivity index (χ4n) is 2.69. The Kier molecular flexibility index (Phi) is 4.70. The summed E-state index contributed by atoms with van der Waals surface area (Å²) in [6.07, 6.45) is 5.50. The number of thiophene rings is 1. The van der Waals surface area contributed by atoms with E-state index in [4.69, 9.17) is 4.74 Å². The molecule has 3 rings (SSSR count). The molecule has 1 atom stereocenters. The molecule has 0 aromatic carbocycles. The van der Waals surface area contributed by atoms with Crippen LogP contribution in [-0.4, -0.2) is 40.1 Å². The number of nitrogens with zero attached hydrogens (tertiary/aromatic N) is 3. The van der Waals surface area contributed by atoms with E-state index in [2.05, 4.69) is 16.1 Å². The van der Waals surface area contributed by atoms with Crippen molar-refractivity contribution in [1.29, 1.82) is 0 Å². The molecule has 116 valence electrons. The second kappa shape index (κ2) is 6.89. The van der Waals surface area contributed by atoms with Gasteiger partial charge in [-0.1, -0.05) is 6.08 Å². The number of carbonyl (C=O) groups excluding carboxylic acids is 1. The molecule has 0 fully saturated rings. The lowest BCUT2D eigenvalue weighted by Gasteiger charge is -2.23. The van der Waals surface area contributed by atoms with Crippen molar-refractivity contribution in [3.05, 3.63) is 53.3 Å². The second-order valence-electron chi connectivity index (χ2n) is 5.39. The van der Waals surface area contributed by atoms with E-state index < -0.39 is 0 Å². The molecule has 0 spiro atoms. The van der Waals surface area contributed by atoms with Crippen LogP contribution in [0.2, 0.25) is 0 Å². The number of hydrogen-bond acceptors (Lipinski definition) is 4. The Labute approximate surface area is 133 Å². The summed E-state index contributed by atoms with van der Waals surface area (Å²) in [5.41, 5.74) is 0.746. The Morgan fingerprint density at radius 3 is 3.23 bits per heavy atom. The maximum atomic E-state index is 12.7. The molecule has 1 aliphatic rings. The lowest BCUT2D eigenvalue weighted by atomic mass is 10.1. The third-order valence-electron chi connectivity index (χ3n) is 3.71. The summed E-state index contributed by atoms with van der Waals surface area (Å²) in [6.45, 7) is 6.84. The molecule has 1 aliphatic heterocycles. The topological polar surface area (TPSA) is 47.4 Å². The van der Waals surface area contributed by atoms with Crippen LogP contribution in [0.15, 0.2) is 41.9 Å². The van der Waals surface area contributed by atoms with Gasteiger partial charge in [-0.05, 0) is 11.4 Å². The summed E-state index contributed by atoms with van der Waals surface area (Å²) in [7, 11) is 0. The third-order valence-corrected chi connectivity index (χ3v) is 4.40. The molecule has 3 heterocycles. The van der Waals surface area contributed by atoms with E-state index in [1.807, 2.05) is 27.9 Å². The first-order valence-corrected chi connectivity index (χ1v) is 8.22. The van der Waals surface area contributed by atoms with Gasteiger partial charge in [0.1, 0.15) is 5.82 Å². The van der Waals surface area contributed by atoms with Gasteiger partial charge in [0.2, 0.25) is 0 Å². The number of fused-ring (bicyclic) bond motifs is 1. The van der Waals surface area contributed by atoms with Crippen molar-refractivity contribution in [3.63, 3.8) is 0 Å². The SMILES string of the molecule is C=CCOC[C@H]1CN(C(=O)c2ccsc2)Cc2nccn2C1. The van der Waals surface area contributed by atoms with Crippen LogP contribution < -0.4 is 0 Å². The smallest absolute Gasteiger partial charge is 0.255 e. The highest BCUT2D eigenvalue weighted by Gasteiger charge is 2.26. The number of aromatic nitrogens is 2. The average molecular weight is 317 g/mol. The number of ether oxygens (including phenoxy) is 1. The molecule has 6 heteroatoms. The molecule has 0 bridgehead atoms. The van der Waals surface area contributed by atoms with Gasteiger partial charge in [-0.2, -0.15) is 11.3 Å². The van der Waals surface area contributed by atoms with Crippen LogP contribution in [0.4, 0.5) is 0 Å². The molecule has 1 amide bonds. The summed E-state index contributed by atoms with van der Waals surface area (Å²) < 4.78 is 7.71. The molecule has 0 saturated carbocycles. The average Bonchev–Trinajstić information content (AvgIpc) is 3.16. The highest BCUT2D eigenvalue weighted by atomic mass is 32.1. The van der Waals surface area contributed by atoms with Gasteiger partial charge in [0.25, 0.3) is 5.91 Å². The quantitative estimate of drug-likeness (QED) is 0.628. The van der Waals surface area contributed by atoms with Crippen LogP contribution in [0, 0.1) is 5.92 Å². The van der Waals surface area contributed by atoms with Crippen LogP contribution in [-0.2, 0) is 17.8 Å². The zero-order valence-electron chi connectivity index (χ0n) is 12.4. The van der Waals surface area contributed by atoms with E-state index in [1.54, 1.807) is 12.3 Å². The minimum Gasteiger partial charge on any atom is -0.377 e. The van der Waals surface area contributed by atoms with Crippen molar-refractivity contribution in [2.45, 2.75) is 13.1 Å². The zero-order valence-corrected chi connectivity index (χ0v) is 13.2. The normalized spacial score (nSPS) is 17.8. The largest absolute Gasteiger partial charge is 0.377 e. The van der Waals surface area contributed by atoms with Gasteiger partial charge in [0.15, 0.2) is 0 Å². The van der Waals surface area contributed by atoms with E-state index >= 15 is 0 Å². The van der Waals surface area contributed by atoms with Gasteiger partial charge in [-0.15, -0.1) is 6.58 Å². The number of rotatable bonds is 5. The van der Waals surface area contributed by atoms with Gasteiger partial charge in [0, 0.05) is 36.8 Å². The Hall–Kier alpha value is -1.92. The lowest BCUT2D eigenvalue weighted by molar-refractivity contribution is 0.0638. The van der Waals surface area contributed by atoms with Crippen molar-refractivity contribution < 1.29 is 9.53 Å². The van der Waals surface area contributed by atoms with Crippen molar-refractivity contribution in [3.8, 4) is 0 Å². The predicted molar refractivity (Wildman–Crippen MR) is 85.8 cm³/mol. The van der Waals surface area contributed by atoms with E-state index in [-0.39, 0.29) is 11.8 Å². The molecule has 0 aliphatic carbocycles. The molecule has 0 unspecified atom stereocenters. The molecule has 0 N–H and O–H groups in total. The molecular weight excluding hydrogens is 298 g/mol. The van der Waals surface area contributed by atoms with E-state index in [1.165, 1.54) is 11.3 Å². The Morgan fingerprint density at radius 2 is 2.45 bits per heavy atom. The highest BCUT2D eigenvalue weighted by Crippen LogP contribution is 2.19. The van der Waals surface area contributed by atoms with Crippen molar-refractivity contribution in [2.24, 2.45) is 5.92 Å². The summed E-state index contributed by atoms with van der Waals surface area (Å²) in [4.78, 5) is 18.9. The van der Waals surface area contributed by atoms with Gasteiger partial charge in [-0.3, -0.25) is 4.79 Å². The predicted octanol–water partition coefficient (Wildman–Crippen LogP) is 2.42. The van der Waals surface area contributed by atoms with Crippen LogP contribution in [0.3, 0.4) is 0 Å². The summed E-state index contributed by atoms with van der Waals surface area (Å²) >= 11 is 1.54. The number of carbonyl (C=O) groups is 1. The number of amides is 1.